The molecular weight excluding hydrogens is 260 g/mol. The van der Waals surface area contributed by atoms with Crippen molar-refractivity contribution in [2.45, 2.75) is 6.54 Å². The van der Waals surface area contributed by atoms with Gasteiger partial charge in [0.2, 0.25) is 0 Å². The topological polar surface area (TPSA) is 83.8 Å². The predicted octanol–water partition coefficient (Wildman–Crippen LogP) is 2.14. The van der Waals surface area contributed by atoms with Crippen LogP contribution in [0.2, 0.25) is 0 Å². The summed E-state index contributed by atoms with van der Waals surface area (Å²) in [7, 11) is 0. The Morgan fingerprint density at radius 1 is 1.42 bits per heavy atom. The van der Waals surface area contributed by atoms with Gasteiger partial charge in [-0.3, -0.25) is 4.79 Å². The molecular formula is C13H12N4OS. The molecule has 1 aromatic carbocycles. The number of thiazole rings is 1. The molecule has 2 aromatic heterocycles. The zero-order chi connectivity index (χ0) is 13.2. The van der Waals surface area contributed by atoms with Gasteiger partial charge in [0.15, 0.2) is 5.13 Å². The van der Waals surface area contributed by atoms with Crippen LogP contribution in [0.25, 0.3) is 10.2 Å². The fourth-order valence-electron chi connectivity index (χ4n) is 1.84. The van der Waals surface area contributed by atoms with Crippen molar-refractivity contribution in [3.63, 3.8) is 0 Å². The summed E-state index contributed by atoms with van der Waals surface area (Å²) in [6.45, 7) is 0.481. The quantitative estimate of drug-likeness (QED) is 0.683. The Bertz CT molecular complexity index is 717. The van der Waals surface area contributed by atoms with Gasteiger partial charge in [-0.05, 0) is 30.3 Å². The number of aromatic amines is 1. The second kappa shape index (κ2) is 4.74. The predicted molar refractivity (Wildman–Crippen MR) is 76.0 cm³/mol. The van der Waals surface area contributed by atoms with E-state index in [1.807, 2.05) is 30.5 Å². The third-order valence-corrected chi connectivity index (χ3v) is 3.62. The highest BCUT2D eigenvalue weighted by molar-refractivity contribution is 7.22. The summed E-state index contributed by atoms with van der Waals surface area (Å²) in [6, 6.07) is 9.20. The molecule has 0 atom stereocenters. The summed E-state index contributed by atoms with van der Waals surface area (Å²) in [5.41, 5.74) is 8.05. The zero-order valence-electron chi connectivity index (χ0n) is 10.0. The molecule has 0 saturated carbocycles. The first-order valence-electron chi connectivity index (χ1n) is 5.79. The fourth-order valence-corrected chi connectivity index (χ4v) is 2.61. The Morgan fingerprint density at radius 3 is 3.11 bits per heavy atom. The standard InChI is InChI=1S/C13H12N4OS/c14-13-17-10-4-3-8(6-11(10)19-13)12(18)16-7-9-2-1-5-15-9/h1-6,15H,7H2,(H2,14,17)(H,16,18). The molecule has 0 aliphatic heterocycles. The van der Waals surface area contributed by atoms with Crippen LogP contribution in [-0.4, -0.2) is 15.9 Å². The molecule has 0 bridgehead atoms. The maximum Gasteiger partial charge on any atom is 0.251 e. The number of carbonyl (C=O) groups excluding carboxylic acids is 1. The average molecular weight is 272 g/mol. The van der Waals surface area contributed by atoms with Gasteiger partial charge in [-0.2, -0.15) is 0 Å². The molecule has 96 valence electrons. The Kier molecular flexibility index (Phi) is 2.92. The average Bonchev–Trinajstić information content (AvgIpc) is 3.02. The number of aromatic nitrogens is 2. The molecule has 2 heterocycles. The van der Waals surface area contributed by atoms with Crippen molar-refractivity contribution in [2.24, 2.45) is 0 Å². The second-order valence-corrected chi connectivity index (χ2v) is 5.17. The molecule has 0 radical (unpaired) electrons. The SMILES string of the molecule is Nc1nc2ccc(C(=O)NCc3ccc[nH]3)cc2s1. The van der Waals surface area contributed by atoms with E-state index in [9.17, 15) is 4.79 Å². The van der Waals surface area contributed by atoms with E-state index in [4.69, 9.17) is 5.73 Å². The zero-order valence-corrected chi connectivity index (χ0v) is 10.8. The molecule has 0 unspecified atom stereocenters. The van der Waals surface area contributed by atoms with E-state index in [2.05, 4.69) is 15.3 Å². The third-order valence-electron chi connectivity index (χ3n) is 2.77. The van der Waals surface area contributed by atoms with Gasteiger partial charge in [-0.1, -0.05) is 11.3 Å². The smallest absolute Gasteiger partial charge is 0.251 e. The lowest BCUT2D eigenvalue weighted by Gasteiger charge is -2.03. The largest absolute Gasteiger partial charge is 0.375 e. The number of benzene rings is 1. The number of nitrogen functional groups attached to an aromatic ring is 1. The van der Waals surface area contributed by atoms with E-state index < -0.39 is 0 Å². The Hall–Kier alpha value is -2.34. The first-order chi connectivity index (χ1) is 9.22. The Balaban J connectivity index is 1.77. The van der Waals surface area contributed by atoms with Crippen molar-refractivity contribution in [1.82, 2.24) is 15.3 Å². The van der Waals surface area contributed by atoms with Crippen molar-refractivity contribution in [1.29, 1.82) is 0 Å². The normalized spacial score (nSPS) is 10.7. The van der Waals surface area contributed by atoms with Crippen LogP contribution in [0.4, 0.5) is 5.13 Å². The summed E-state index contributed by atoms with van der Waals surface area (Å²) in [5, 5.41) is 3.37. The number of hydrogen-bond acceptors (Lipinski definition) is 4. The number of nitrogens with one attached hydrogen (secondary N) is 2. The minimum absolute atomic E-state index is 0.108. The number of fused-ring (bicyclic) bond motifs is 1. The maximum atomic E-state index is 12.0. The lowest BCUT2D eigenvalue weighted by molar-refractivity contribution is 0.0950. The van der Waals surface area contributed by atoms with Crippen LogP contribution < -0.4 is 11.1 Å². The minimum atomic E-state index is -0.108. The highest BCUT2D eigenvalue weighted by Gasteiger charge is 2.08. The maximum absolute atomic E-state index is 12.0. The summed E-state index contributed by atoms with van der Waals surface area (Å²) >= 11 is 1.38. The molecule has 1 amide bonds. The van der Waals surface area contributed by atoms with Crippen LogP contribution in [0.3, 0.4) is 0 Å². The van der Waals surface area contributed by atoms with E-state index in [1.54, 1.807) is 6.07 Å². The molecule has 0 fully saturated rings. The van der Waals surface area contributed by atoms with Gasteiger partial charge in [-0.15, -0.1) is 0 Å². The van der Waals surface area contributed by atoms with Crippen molar-refractivity contribution in [2.75, 3.05) is 5.73 Å². The lowest BCUT2D eigenvalue weighted by Crippen LogP contribution is -2.22. The van der Waals surface area contributed by atoms with Crippen LogP contribution in [-0.2, 0) is 6.54 Å². The van der Waals surface area contributed by atoms with Crippen LogP contribution in [0.15, 0.2) is 36.5 Å². The summed E-state index contributed by atoms with van der Waals surface area (Å²) in [6.07, 6.45) is 1.83. The minimum Gasteiger partial charge on any atom is -0.375 e. The molecule has 19 heavy (non-hydrogen) atoms. The van der Waals surface area contributed by atoms with Gasteiger partial charge in [0, 0.05) is 17.5 Å². The number of amides is 1. The number of nitrogens with two attached hydrogens (primary N) is 1. The van der Waals surface area contributed by atoms with E-state index in [-0.39, 0.29) is 5.91 Å². The number of anilines is 1. The van der Waals surface area contributed by atoms with Crippen molar-refractivity contribution >= 4 is 32.6 Å². The first-order valence-corrected chi connectivity index (χ1v) is 6.60. The van der Waals surface area contributed by atoms with Gasteiger partial charge in [-0.25, -0.2) is 4.98 Å². The Labute approximate surface area is 113 Å². The third kappa shape index (κ3) is 2.43. The van der Waals surface area contributed by atoms with Crippen LogP contribution in [0.5, 0.6) is 0 Å². The Morgan fingerprint density at radius 2 is 2.32 bits per heavy atom. The lowest BCUT2D eigenvalue weighted by atomic mass is 10.2. The van der Waals surface area contributed by atoms with Crippen LogP contribution in [0, 0.1) is 0 Å². The number of rotatable bonds is 3. The molecule has 3 aromatic rings. The summed E-state index contributed by atoms with van der Waals surface area (Å²) < 4.78 is 0.921. The summed E-state index contributed by atoms with van der Waals surface area (Å²) in [5.74, 6) is -0.108. The highest BCUT2D eigenvalue weighted by Crippen LogP contribution is 2.24. The van der Waals surface area contributed by atoms with Crippen molar-refractivity contribution < 1.29 is 4.79 Å². The first kappa shape index (κ1) is 11.7. The van der Waals surface area contributed by atoms with Gasteiger partial charge in [0.25, 0.3) is 5.91 Å². The van der Waals surface area contributed by atoms with E-state index in [1.165, 1.54) is 11.3 Å². The van der Waals surface area contributed by atoms with Crippen LogP contribution >= 0.6 is 11.3 Å². The van der Waals surface area contributed by atoms with Gasteiger partial charge in [0.05, 0.1) is 16.8 Å². The molecule has 5 nitrogen and oxygen atoms in total. The molecule has 0 aliphatic rings. The number of carbonyl (C=O) groups is 1. The number of nitrogens with zero attached hydrogens (tertiary/aromatic N) is 1. The van der Waals surface area contributed by atoms with Crippen LogP contribution in [0.1, 0.15) is 16.1 Å². The van der Waals surface area contributed by atoms with Gasteiger partial charge >= 0.3 is 0 Å². The highest BCUT2D eigenvalue weighted by atomic mass is 32.1. The monoisotopic (exact) mass is 272 g/mol. The molecule has 0 aliphatic carbocycles. The number of hydrogen-bond donors (Lipinski definition) is 3. The fraction of sp³-hybridized carbons (Fsp3) is 0.0769. The summed E-state index contributed by atoms with van der Waals surface area (Å²) in [4.78, 5) is 19.2. The van der Waals surface area contributed by atoms with E-state index in [0.717, 1.165) is 15.9 Å². The van der Waals surface area contributed by atoms with Crippen molar-refractivity contribution in [3.8, 4) is 0 Å². The molecule has 3 rings (SSSR count). The van der Waals surface area contributed by atoms with Gasteiger partial charge in [0.1, 0.15) is 0 Å². The van der Waals surface area contributed by atoms with E-state index >= 15 is 0 Å². The van der Waals surface area contributed by atoms with Gasteiger partial charge < -0.3 is 16.0 Å². The second-order valence-electron chi connectivity index (χ2n) is 4.11. The molecule has 0 saturated heterocycles. The van der Waals surface area contributed by atoms with Crippen molar-refractivity contribution in [3.05, 3.63) is 47.8 Å². The number of H-pyrrole nitrogens is 1. The van der Waals surface area contributed by atoms with E-state index in [0.29, 0.717) is 17.2 Å². The molecule has 4 N–H and O–H groups in total. The molecule has 0 spiro atoms. The molecule has 6 heteroatoms.